The third-order valence-electron chi connectivity index (χ3n) is 8.59. The van der Waals surface area contributed by atoms with Crippen molar-refractivity contribution in [2.24, 2.45) is 0 Å². The van der Waals surface area contributed by atoms with E-state index in [1.54, 1.807) is 0 Å². The van der Waals surface area contributed by atoms with Gasteiger partial charge < -0.3 is 9.15 Å². The van der Waals surface area contributed by atoms with Crippen molar-refractivity contribution in [2.75, 3.05) is 0 Å². The van der Waals surface area contributed by atoms with Crippen molar-refractivity contribution in [1.82, 2.24) is 0 Å². The van der Waals surface area contributed by atoms with Gasteiger partial charge in [-0.05, 0) is 57.6 Å². The van der Waals surface area contributed by atoms with Gasteiger partial charge in [-0.1, -0.05) is 123 Å². The van der Waals surface area contributed by atoms with Crippen LogP contribution >= 0.6 is 0 Å². The quantitative estimate of drug-likeness (QED) is 0.228. The molecule has 0 aliphatic carbocycles. The Bertz CT molecular complexity index is 2080. The second-order valence-corrected chi connectivity index (χ2v) is 11.4. The zero-order chi connectivity index (χ0) is 27.6. The van der Waals surface area contributed by atoms with Crippen LogP contribution in [0.4, 0.5) is 0 Å². The number of hydrogen-bond donors (Lipinski definition) is 0. The lowest BCUT2D eigenvalue weighted by Crippen LogP contribution is -2.24. The van der Waals surface area contributed by atoms with E-state index in [4.69, 9.17) is 9.15 Å². The van der Waals surface area contributed by atoms with Crippen LogP contribution in [0.25, 0.3) is 55.3 Å². The Balaban J connectivity index is 1.09. The smallest absolute Gasteiger partial charge is 0.136 e. The number of rotatable bonds is 3. The maximum absolute atomic E-state index is 6.36. The second-order valence-electron chi connectivity index (χ2n) is 11.4. The van der Waals surface area contributed by atoms with E-state index < -0.39 is 0 Å². The lowest BCUT2D eigenvalue weighted by Gasteiger charge is -2.34. The molecule has 1 aliphatic heterocycles. The minimum atomic E-state index is -0.102. The van der Waals surface area contributed by atoms with Crippen molar-refractivity contribution < 1.29 is 9.15 Å². The summed E-state index contributed by atoms with van der Waals surface area (Å²) in [5.74, 6) is 1.88. The highest BCUT2D eigenvalue weighted by Crippen LogP contribution is 2.48. The number of benzene rings is 6. The molecule has 196 valence electrons. The van der Waals surface area contributed by atoms with Crippen LogP contribution in [-0.4, -0.2) is 0 Å². The number of fused-ring (bicyclic) bond motifs is 5. The van der Waals surface area contributed by atoms with Crippen molar-refractivity contribution >= 4 is 21.9 Å². The van der Waals surface area contributed by atoms with Gasteiger partial charge >= 0.3 is 0 Å². The van der Waals surface area contributed by atoms with Crippen molar-refractivity contribution in [1.29, 1.82) is 0 Å². The first-order valence-electron chi connectivity index (χ1n) is 14.1. The first-order chi connectivity index (χ1) is 20.1. The molecule has 0 spiro atoms. The zero-order valence-corrected chi connectivity index (χ0v) is 23.0. The molecule has 0 amide bonds. The maximum atomic E-state index is 6.36. The van der Waals surface area contributed by atoms with Crippen LogP contribution in [0.5, 0.6) is 11.5 Å². The van der Waals surface area contributed by atoms with Crippen molar-refractivity contribution in [3.05, 3.63) is 145 Å². The van der Waals surface area contributed by atoms with Crippen LogP contribution in [-0.2, 0) is 5.41 Å². The molecule has 0 saturated carbocycles. The molecule has 0 atom stereocenters. The van der Waals surface area contributed by atoms with Crippen molar-refractivity contribution in [2.45, 2.75) is 19.3 Å². The summed E-state index contributed by atoms with van der Waals surface area (Å²) < 4.78 is 12.5. The average Bonchev–Trinajstić information content (AvgIpc) is 3.40. The lowest BCUT2D eigenvalue weighted by molar-refractivity contribution is 0.418. The number of ether oxygens (including phenoxy) is 1. The normalized spacial score (nSPS) is 13.5. The van der Waals surface area contributed by atoms with Crippen LogP contribution in [0.1, 0.15) is 25.0 Å². The summed E-state index contributed by atoms with van der Waals surface area (Å²) in [4.78, 5) is 0. The Hall–Kier alpha value is -5.08. The fourth-order valence-corrected chi connectivity index (χ4v) is 6.35. The second kappa shape index (κ2) is 8.97. The standard InChI is InChI=1S/C39H28O2/c1-39(2)32-10-4-6-12-35(32)41-37-24-29(22-23-33(37)39)27-16-14-25(15-17-27)26-18-20-28(21-19-26)30-9-7-13-36-38(30)31-8-3-5-11-34(31)40-36/h3-24H,1-2H3. The summed E-state index contributed by atoms with van der Waals surface area (Å²) in [6, 6.07) is 47.1. The lowest BCUT2D eigenvalue weighted by atomic mass is 9.75. The Kier molecular flexibility index (Phi) is 5.20. The van der Waals surface area contributed by atoms with Gasteiger partial charge in [0.1, 0.15) is 22.7 Å². The monoisotopic (exact) mass is 528 g/mol. The van der Waals surface area contributed by atoms with E-state index in [-0.39, 0.29) is 5.41 Å². The minimum absolute atomic E-state index is 0.102. The Morgan fingerprint density at radius 1 is 0.463 bits per heavy atom. The fraction of sp³-hybridized carbons (Fsp3) is 0.0769. The zero-order valence-electron chi connectivity index (χ0n) is 23.0. The van der Waals surface area contributed by atoms with Gasteiger partial charge in [0.25, 0.3) is 0 Å². The van der Waals surface area contributed by atoms with Crippen LogP contribution in [0.2, 0.25) is 0 Å². The molecule has 2 heterocycles. The van der Waals surface area contributed by atoms with Gasteiger partial charge in [-0.25, -0.2) is 0 Å². The molecule has 0 radical (unpaired) electrons. The highest BCUT2D eigenvalue weighted by molar-refractivity contribution is 6.12. The first kappa shape index (κ1) is 23.8. The molecular weight excluding hydrogens is 500 g/mol. The summed E-state index contributed by atoms with van der Waals surface area (Å²) in [5, 5.41) is 2.32. The molecule has 1 aliphatic rings. The van der Waals surface area contributed by atoms with Crippen molar-refractivity contribution in [3.63, 3.8) is 0 Å². The summed E-state index contributed by atoms with van der Waals surface area (Å²) in [5.41, 5.74) is 11.3. The van der Waals surface area contributed by atoms with Crippen LogP contribution in [0.3, 0.4) is 0 Å². The minimum Gasteiger partial charge on any atom is -0.457 e. The van der Waals surface area contributed by atoms with Gasteiger partial charge in [-0.3, -0.25) is 0 Å². The third-order valence-corrected chi connectivity index (χ3v) is 8.59. The van der Waals surface area contributed by atoms with Gasteiger partial charge in [-0.2, -0.15) is 0 Å². The molecule has 0 unspecified atom stereocenters. The first-order valence-corrected chi connectivity index (χ1v) is 14.1. The Morgan fingerprint density at radius 3 is 1.83 bits per heavy atom. The topological polar surface area (TPSA) is 22.4 Å². The summed E-state index contributed by atoms with van der Waals surface area (Å²) >= 11 is 0. The van der Waals surface area contributed by atoms with Crippen LogP contribution in [0, 0.1) is 0 Å². The van der Waals surface area contributed by atoms with Gasteiger partial charge in [0.15, 0.2) is 0 Å². The van der Waals surface area contributed by atoms with Crippen LogP contribution in [0.15, 0.2) is 138 Å². The van der Waals surface area contributed by atoms with E-state index >= 15 is 0 Å². The maximum Gasteiger partial charge on any atom is 0.136 e. The van der Waals surface area contributed by atoms with E-state index in [1.807, 2.05) is 24.3 Å². The average molecular weight is 529 g/mol. The number of para-hydroxylation sites is 2. The molecule has 0 bridgehead atoms. The molecule has 2 heteroatoms. The Morgan fingerprint density at radius 2 is 1.05 bits per heavy atom. The summed E-state index contributed by atoms with van der Waals surface area (Å²) in [6.07, 6.45) is 0. The van der Waals surface area contributed by atoms with E-state index in [9.17, 15) is 0 Å². The molecular formula is C39H28O2. The number of furan rings is 1. The molecule has 0 fully saturated rings. The van der Waals surface area contributed by atoms with Crippen molar-refractivity contribution in [3.8, 4) is 44.9 Å². The molecule has 41 heavy (non-hydrogen) atoms. The molecule has 1 aromatic heterocycles. The molecule has 0 saturated heterocycles. The largest absolute Gasteiger partial charge is 0.457 e. The molecule has 7 aromatic rings. The SMILES string of the molecule is CC1(C)c2ccccc2Oc2cc(-c3ccc(-c4ccc(-c5cccc6oc7ccccc7c56)cc4)cc3)ccc21. The van der Waals surface area contributed by atoms with Gasteiger partial charge in [0.05, 0.1) is 0 Å². The predicted molar refractivity (Wildman–Crippen MR) is 169 cm³/mol. The van der Waals surface area contributed by atoms with E-state index in [0.29, 0.717) is 0 Å². The molecule has 8 rings (SSSR count). The Labute approximate surface area is 239 Å². The highest BCUT2D eigenvalue weighted by Gasteiger charge is 2.34. The predicted octanol–water partition coefficient (Wildman–Crippen LogP) is 11.0. The summed E-state index contributed by atoms with van der Waals surface area (Å²) in [7, 11) is 0. The van der Waals surface area contributed by atoms with Gasteiger partial charge in [0.2, 0.25) is 0 Å². The molecule has 2 nitrogen and oxygen atoms in total. The summed E-state index contributed by atoms with van der Waals surface area (Å²) in [6.45, 7) is 4.54. The highest BCUT2D eigenvalue weighted by atomic mass is 16.5. The third kappa shape index (κ3) is 3.79. The van der Waals surface area contributed by atoms with Gasteiger partial charge in [-0.15, -0.1) is 0 Å². The number of hydrogen-bond acceptors (Lipinski definition) is 2. The van der Waals surface area contributed by atoms with E-state index in [2.05, 4.69) is 123 Å². The van der Waals surface area contributed by atoms with Crippen LogP contribution < -0.4 is 4.74 Å². The van der Waals surface area contributed by atoms with E-state index in [0.717, 1.165) is 33.6 Å². The molecule has 0 N–H and O–H groups in total. The van der Waals surface area contributed by atoms with E-state index in [1.165, 1.54) is 44.3 Å². The van der Waals surface area contributed by atoms with Gasteiger partial charge in [0, 0.05) is 27.3 Å². The molecule has 6 aromatic carbocycles. The fourth-order valence-electron chi connectivity index (χ4n) is 6.35.